The van der Waals surface area contributed by atoms with Gasteiger partial charge in [-0.15, -0.1) is 0 Å². The first kappa shape index (κ1) is 19.8. The fourth-order valence-corrected chi connectivity index (χ4v) is 3.53. The van der Waals surface area contributed by atoms with Gasteiger partial charge in [0.15, 0.2) is 11.6 Å². The topological polar surface area (TPSA) is 79.5 Å². The Kier molecular flexibility index (Phi) is 5.12. The lowest BCUT2D eigenvalue weighted by Crippen LogP contribution is -2.16. The number of carboxylic acids is 1. The van der Waals surface area contributed by atoms with E-state index in [9.17, 15) is 28.6 Å². The van der Waals surface area contributed by atoms with E-state index in [-0.39, 0.29) is 33.6 Å². The van der Waals surface area contributed by atoms with Crippen LogP contribution in [0.4, 0.5) is 8.78 Å². The van der Waals surface area contributed by atoms with Crippen molar-refractivity contribution in [3.05, 3.63) is 63.8 Å². The van der Waals surface area contributed by atoms with Crippen LogP contribution in [-0.2, 0) is 4.79 Å². The summed E-state index contributed by atoms with van der Waals surface area (Å²) in [5, 5.41) is 19.4. The Hall–Kier alpha value is -2.93. The summed E-state index contributed by atoms with van der Waals surface area (Å²) in [4.78, 5) is 24.8. The molecule has 0 bridgehead atoms. The van der Waals surface area contributed by atoms with Gasteiger partial charge in [0, 0.05) is 22.7 Å². The highest BCUT2D eigenvalue weighted by molar-refractivity contribution is 6.30. The number of aliphatic carboxylic acids is 1. The molecule has 1 aromatic heterocycles. The van der Waals surface area contributed by atoms with E-state index < -0.39 is 35.2 Å². The Labute approximate surface area is 163 Å². The third kappa shape index (κ3) is 3.11. The van der Waals surface area contributed by atoms with Crippen molar-refractivity contribution in [2.45, 2.75) is 26.2 Å². The van der Waals surface area contributed by atoms with Crippen LogP contribution in [0.1, 0.15) is 40.9 Å². The van der Waals surface area contributed by atoms with Crippen molar-refractivity contribution in [3.8, 4) is 5.75 Å². The highest BCUT2D eigenvalue weighted by Crippen LogP contribution is 2.37. The predicted molar refractivity (Wildman–Crippen MR) is 100 cm³/mol. The molecule has 1 unspecified atom stereocenters. The Morgan fingerprint density at radius 2 is 1.86 bits per heavy atom. The molecule has 1 atom stereocenters. The Balaban J connectivity index is 2.34. The van der Waals surface area contributed by atoms with Gasteiger partial charge >= 0.3 is 5.97 Å². The minimum absolute atomic E-state index is 0.0368. The molecule has 0 spiro atoms. The number of fused-ring (bicyclic) bond motifs is 1. The lowest BCUT2D eigenvalue weighted by atomic mass is 9.94. The normalized spacial score (nSPS) is 12.3. The Bertz CT molecular complexity index is 1120. The summed E-state index contributed by atoms with van der Waals surface area (Å²) in [7, 11) is 0. The van der Waals surface area contributed by atoms with Crippen molar-refractivity contribution in [1.82, 2.24) is 4.57 Å². The van der Waals surface area contributed by atoms with Gasteiger partial charge in [-0.3, -0.25) is 14.2 Å². The van der Waals surface area contributed by atoms with E-state index in [1.165, 1.54) is 19.1 Å². The first-order valence-electron chi connectivity index (χ1n) is 8.43. The molecule has 0 radical (unpaired) electrons. The molecular weight excluding hydrogens is 392 g/mol. The number of carbonyl (C=O) groups is 2. The average molecular weight is 408 g/mol. The number of aromatic hydroxyl groups is 1. The predicted octanol–water partition coefficient (Wildman–Crippen LogP) is 4.85. The zero-order valence-electron chi connectivity index (χ0n) is 15.0. The van der Waals surface area contributed by atoms with Gasteiger partial charge in [0.2, 0.25) is 0 Å². The molecule has 28 heavy (non-hydrogen) atoms. The van der Waals surface area contributed by atoms with Crippen molar-refractivity contribution in [2.24, 2.45) is 0 Å². The van der Waals surface area contributed by atoms with Crippen LogP contribution in [0.3, 0.4) is 0 Å². The van der Waals surface area contributed by atoms with Crippen LogP contribution >= 0.6 is 11.6 Å². The first-order valence-corrected chi connectivity index (χ1v) is 8.81. The smallest absolute Gasteiger partial charge is 0.311 e. The van der Waals surface area contributed by atoms with Crippen LogP contribution < -0.4 is 0 Å². The van der Waals surface area contributed by atoms with Gasteiger partial charge in [-0.25, -0.2) is 8.78 Å². The summed E-state index contributed by atoms with van der Waals surface area (Å²) in [5.74, 6) is -5.16. The van der Waals surface area contributed by atoms with Crippen LogP contribution in [0, 0.1) is 18.6 Å². The van der Waals surface area contributed by atoms with Crippen LogP contribution in [0.25, 0.3) is 10.9 Å². The van der Waals surface area contributed by atoms with E-state index in [4.69, 9.17) is 11.6 Å². The van der Waals surface area contributed by atoms with Gasteiger partial charge in [0.1, 0.15) is 5.82 Å². The van der Waals surface area contributed by atoms with Crippen LogP contribution in [0.15, 0.2) is 30.3 Å². The number of phenolic OH excluding ortho intramolecular Hbond substituents is 1. The molecule has 0 fully saturated rings. The van der Waals surface area contributed by atoms with Gasteiger partial charge in [-0.1, -0.05) is 18.5 Å². The minimum atomic E-state index is -1.11. The van der Waals surface area contributed by atoms with E-state index in [0.717, 1.165) is 22.8 Å². The number of halogens is 3. The zero-order valence-corrected chi connectivity index (χ0v) is 15.7. The quantitative estimate of drug-likeness (QED) is 0.647. The fraction of sp³-hybridized carbons (Fsp3) is 0.200. The van der Waals surface area contributed by atoms with Crippen molar-refractivity contribution < 1.29 is 28.6 Å². The van der Waals surface area contributed by atoms with Gasteiger partial charge in [0.25, 0.3) is 5.91 Å². The molecule has 0 saturated carbocycles. The second kappa shape index (κ2) is 7.24. The Morgan fingerprint density at radius 1 is 1.18 bits per heavy atom. The number of rotatable bonds is 4. The average Bonchev–Trinajstić information content (AvgIpc) is 2.89. The van der Waals surface area contributed by atoms with Gasteiger partial charge in [-0.2, -0.15) is 0 Å². The number of carbonyl (C=O) groups excluding carboxylic acids is 1. The molecule has 0 aliphatic heterocycles. The summed E-state index contributed by atoms with van der Waals surface area (Å²) in [5.41, 5.74) is 0.617. The molecule has 3 rings (SSSR count). The van der Waals surface area contributed by atoms with Gasteiger partial charge < -0.3 is 10.2 Å². The molecule has 0 amide bonds. The third-order valence-electron chi connectivity index (χ3n) is 4.75. The minimum Gasteiger partial charge on any atom is -0.505 e. The summed E-state index contributed by atoms with van der Waals surface area (Å²) in [6.07, 6.45) is 0.219. The maximum Gasteiger partial charge on any atom is 0.311 e. The van der Waals surface area contributed by atoms with Crippen LogP contribution in [-0.4, -0.2) is 26.7 Å². The van der Waals surface area contributed by atoms with Crippen LogP contribution in [0.2, 0.25) is 5.02 Å². The van der Waals surface area contributed by atoms with E-state index >= 15 is 0 Å². The molecule has 0 saturated heterocycles. The van der Waals surface area contributed by atoms with E-state index in [2.05, 4.69) is 0 Å². The number of hydrogen-bond donors (Lipinski definition) is 2. The third-order valence-corrected chi connectivity index (χ3v) is 5.05. The number of aromatic nitrogens is 1. The summed E-state index contributed by atoms with van der Waals surface area (Å²) >= 11 is 5.66. The summed E-state index contributed by atoms with van der Waals surface area (Å²) < 4.78 is 29.0. The molecule has 8 heteroatoms. The lowest BCUT2D eigenvalue weighted by Gasteiger charge is -2.12. The maximum atomic E-state index is 14.0. The number of benzene rings is 2. The summed E-state index contributed by atoms with van der Waals surface area (Å²) in [6.45, 7) is 3.20. The number of phenols is 1. The highest BCUT2D eigenvalue weighted by atomic mass is 35.5. The lowest BCUT2D eigenvalue weighted by molar-refractivity contribution is -0.138. The molecule has 3 aromatic rings. The molecule has 2 aromatic carbocycles. The molecule has 0 aliphatic rings. The SMILES string of the molecule is CCC(C(=O)O)c1c(C)n(C(=O)c2ccc(Cl)c(F)c2)c2cc(F)c(O)cc12. The maximum absolute atomic E-state index is 14.0. The van der Waals surface area contributed by atoms with E-state index in [0.29, 0.717) is 5.56 Å². The summed E-state index contributed by atoms with van der Waals surface area (Å²) in [6, 6.07) is 5.57. The van der Waals surface area contributed by atoms with Crippen molar-refractivity contribution >= 4 is 34.4 Å². The standard InChI is InChI=1S/C20H16ClF2NO4/c1-3-11(20(27)28)18-9(2)24(16-8-15(23)17(25)7-12(16)18)19(26)10-4-5-13(21)14(22)6-10/h4-8,11,25H,3H2,1-2H3,(H,27,28). The largest absolute Gasteiger partial charge is 0.505 e. The molecule has 146 valence electrons. The molecule has 0 aliphatic carbocycles. The second-order valence-corrected chi connectivity index (χ2v) is 6.80. The van der Waals surface area contributed by atoms with E-state index in [1.807, 2.05) is 0 Å². The van der Waals surface area contributed by atoms with Gasteiger partial charge in [0.05, 0.1) is 16.5 Å². The number of nitrogens with zero attached hydrogens (tertiary/aromatic N) is 1. The molecule has 5 nitrogen and oxygen atoms in total. The number of hydrogen-bond acceptors (Lipinski definition) is 3. The molecular formula is C20H16ClF2NO4. The molecule has 2 N–H and O–H groups in total. The zero-order chi connectivity index (χ0) is 20.7. The Morgan fingerprint density at radius 3 is 2.43 bits per heavy atom. The van der Waals surface area contributed by atoms with Crippen molar-refractivity contribution in [2.75, 3.05) is 0 Å². The van der Waals surface area contributed by atoms with Crippen LogP contribution in [0.5, 0.6) is 5.75 Å². The highest BCUT2D eigenvalue weighted by Gasteiger charge is 2.29. The monoisotopic (exact) mass is 407 g/mol. The number of carboxylic acid groups (broad SMARTS) is 1. The van der Waals surface area contributed by atoms with E-state index in [1.54, 1.807) is 6.92 Å². The molecule has 1 heterocycles. The second-order valence-electron chi connectivity index (χ2n) is 6.39. The fourth-order valence-electron chi connectivity index (χ4n) is 3.41. The first-order chi connectivity index (χ1) is 13.2. The van der Waals surface area contributed by atoms with Crippen molar-refractivity contribution in [3.63, 3.8) is 0 Å². The van der Waals surface area contributed by atoms with Crippen molar-refractivity contribution in [1.29, 1.82) is 0 Å². The van der Waals surface area contributed by atoms with Gasteiger partial charge in [-0.05, 0) is 43.2 Å².